The SMILES string of the molecule is N#Cc1c(NCC2CCOCC2)nn2ccccc12. The topological polar surface area (TPSA) is 62.3 Å². The van der Waals surface area contributed by atoms with E-state index in [0.29, 0.717) is 17.3 Å². The van der Waals surface area contributed by atoms with Crippen LogP contribution in [0.3, 0.4) is 0 Å². The minimum absolute atomic E-state index is 0.602. The Morgan fingerprint density at radius 2 is 2.26 bits per heavy atom. The maximum Gasteiger partial charge on any atom is 0.167 e. The lowest BCUT2D eigenvalue weighted by atomic mass is 10.0. The highest BCUT2D eigenvalue weighted by atomic mass is 16.5. The van der Waals surface area contributed by atoms with E-state index in [4.69, 9.17) is 4.74 Å². The molecule has 2 aromatic heterocycles. The summed E-state index contributed by atoms with van der Waals surface area (Å²) >= 11 is 0. The molecule has 98 valence electrons. The van der Waals surface area contributed by atoms with Gasteiger partial charge in [0.2, 0.25) is 0 Å². The molecule has 0 amide bonds. The zero-order chi connectivity index (χ0) is 13.1. The van der Waals surface area contributed by atoms with E-state index in [-0.39, 0.29) is 0 Å². The smallest absolute Gasteiger partial charge is 0.167 e. The van der Waals surface area contributed by atoms with Crippen molar-refractivity contribution in [2.24, 2.45) is 5.92 Å². The number of hydrogen-bond acceptors (Lipinski definition) is 4. The minimum Gasteiger partial charge on any atom is -0.381 e. The van der Waals surface area contributed by atoms with Crippen molar-refractivity contribution in [2.45, 2.75) is 12.8 Å². The first kappa shape index (κ1) is 12.0. The van der Waals surface area contributed by atoms with Crippen molar-refractivity contribution in [3.8, 4) is 6.07 Å². The molecule has 5 nitrogen and oxygen atoms in total. The second-order valence-corrected chi connectivity index (χ2v) is 4.80. The largest absolute Gasteiger partial charge is 0.381 e. The molecule has 0 saturated carbocycles. The first-order chi connectivity index (χ1) is 9.38. The number of rotatable bonds is 3. The van der Waals surface area contributed by atoms with Gasteiger partial charge in [-0.15, -0.1) is 5.10 Å². The first-order valence-electron chi connectivity index (χ1n) is 6.57. The number of hydrogen-bond donors (Lipinski definition) is 1. The lowest BCUT2D eigenvalue weighted by Gasteiger charge is -2.22. The average Bonchev–Trinajstić information content (AvgIpc) is 2.83. The molecule has 0 aliphatic carbocycles. The van der Waals surface area contributed by atoms with Gasteiger partial charge in [0.25, 0.3) is 0 Å². The number of fused-ring (bicyclic) bond motifs is 1. The highest BCUT2D eigenvalue weighted by Gasteiger charge is 2.16. The fourth-order valence-electron chi connectivity index (χ4n) is 2.42. The predicted octanol–water partition coefficient (Wildman–Crippen LogP) is 2.04. The maximum absolute atomic E-state index is 9.28. The average molecular weight is 256 g/mol. The molecule has 19 heavy (non-hydrogen) atoms. The fraction of sp³-hybridized carbons (Fsp3) is 0.429. The molecule has 1 saturated heterocycles. The van der Waals surface area contributed by atoms with Crippen LogP contribution < -0.4 is 5.32 Å². The molecule has 0 unspecified atom stereocenters. The zero-order valence-corrected chi connectivity index (χ0v) is 10.7. The molecule has 1 fully saturated rings. The van der Waals surface area contributed by atoms with Gasteiger partial charge in [0, 0.05) is 26.0 Å². The van der Waals surface area contributed by atoms with Gasteiger partial charge in [-0.25, -0.2) is 4.52 Å². The molecular formula is C14H16N4O. The molecule has 0 radical (unpaired) electrons. The van der Waals surface area contributed by atoms with Gasteiger partial charge in [-0.1, -0.05) is 6.07 Å². The van der Waals surface area contributed by atoms with Crippen LogP contribution in [0.4, 0.5) is 5.82 Å². The van der Waals surface area contributed by atoms with Crippen LogP contribution in [0.15, 0.2) is 24.4 Å². The molecule has 1 aliphatic heterocycles. The van der Waals surface area contributed by atoms with Crippen molar-refractivity contribution < 1.29 is 4.74 Å². The van der Waals surface area contributed by atoms with Gasteiger partial charge in [-0.3, -0.25) is 0 Å². The Morgan fingerprint density at radius 1 is 1.42 bits per heavy atom. The van der Waals surface area contributed by atoms with Crippen LogP contribution in [-0.4, -0.2) is 29.4 Å². The standard InChI is InChI=1S/C14H16N4O/c15-9-12-13-3-1-2-6-18(13)17-14(12)16-10-11-4-7-19-8-5-11/h1-3,6,11H,4-5,7-8,10H2,(H,16,17). The van der Waals surface area contributed by atoms with Crippen LogP contribution >= 0.6 is 0 Å². The van der Waals surface area contributed by atoms with E-state index in [2.05, 4.69) is 16.5 Å². The monoisotopic (exact) mass is 256 g/mol. The second-order valence-electron chi connectivity index (χ2n) is 4.80. The van der Waals surface area contributed by atoms with E-state index in [9.17, 15) is 5.26 Å². The van der Waals surface area contributed by atoms with Crippen molar-refractivity contribution in [3.05, 3.63) is 30.0 Å². The minimum atomic E-state index is 0.602. The van der Waals surface area contributed by atoms with Crippen LogP contribution in [0.5, 0.6) is 0 Å². The fourth-order valence-corrected chi connectivity index (χ4v) is 2.42. The first-order valence-corrected chi connectivity index (χ1v) is 6.57. The Morgan fingerprint density at radius 3 is 3.05 bits per heavy atom. The normalized spacial score (nSPS) is 16.4. The van der Waals surface area contributed by atoms with Gasteiger partial charge in [-0.05, 0) is 30.9 Å². The predicted molar refractivity (Wildman–Crippen MR) is 71.9 cm³/mol. The van der Waals surface area contributed by atoms with E-state index in [1.54, 1.807) is 4.52 Å². The summed E-state index contributed by atoms with van der Waals surface area (Å²) in [4.78, 5) is 0. The summed E-state index contributed by atoms with van der Waals surface area (Å²) in [7, 11) is 0. The summed E-state index contributed by atoms with van der Waals surface area (Å²) < 4.78 is 7.09. The third kappa shape index (κ3) is 2.40. The molecule has 1 N–H and O–H groups in total. The van der Waals surface area contributed by atoms with Crippen molar-refractivity contribution in [3.63, 3.8) is 0 Å². The summed E-state index contributed by atoms with van der Waals surface area (Å²) in [5.41, 5.74) is 1.46. The quantitative estimate of drug-likeness (QED) is 0.913. The van der Waals surface area contributed by atoms with Crippen LogP contribution in [0.25, 0.3) is 5.52 Å². The van der Waals surface area contributed by atoms with Crippen LogP contribution in [0.2, 0.25) is 0 Å². The lowest BCUT2D eigenvalue weighted by Crippen LogP contribution is -2.23. The Bertz CT molecular complexity index is 607. The molecular weight excluding hydrogens is 240 g/mol. The lowest BCUT2D eigenvalue weighted by molar-refractivity contribution is 0.0699. The van der Waals surface area contributed by atoms with Gasteiger partial charge in [-0.2, -0.15) is 5.26 Å². The van der Waals surface area contributed by atoms with E-state index in [1.165, 1.54) is 0 Å². The molecule has 3 rings (SSSR count). The molecule has 3 heterocycles. The Balaban J connectivity index is 1.78. The van der Waals surface area contributed by atoms with Crippen molar-refractivity contribution in [2.75, 3.05) is 25.1 Å². The van der Waals surface area contributed by atoms with Crippen molar-refractivity contribution in [1.82, 2.24) is 9.61 Å². The third-order valence-corrected chi connectivity index (χ3v) is 3.55. The Hall–Kier alpha value is -2.06. The van der Waals surface area contributed by atoms with Crippen LogP contribution in [-0.2, 0) is 4.74 Å². The summed E-state index contributed by atoms with van der Waals surface area (Å²) in [6.45, 7) is 2.52. The van der Waals surface area contributed by atoms with Gasteiger partial charge >= 0.3 is 0 Å². The number of aromatic nitrogens is 2. The molecule has 0 aromatic carbocycles. The summed E-state index contributed by atoms with van der Waals surface area (Å²) in [5.74, 6) is 1.28. The van der Waals surface area contributed by atoms with Gasteiger partial charge < -0.3 is 10.1 Å². The maximum atomic E-state index is 9.28. The molecule has 5 heteroatoms. The Labute approximate surface area is 111 Å². The van der Waals surface area contributed by atoms with E-state index < -0.39 is 0 Å². The number of pyridine rings is 1. The van der Waals surface area contributed by atoms with Crippen LogP contribution in [0.1, 0.15) is 18.4 Å². The highest BCUT2D eigenvalue weighted by molar-refractivity contribution is 5.70. The van der Waals surface area contributed by atoms with E-state index in [0.717, 1.165) is 38.1 Å². The van der Waals surface area contributed by atoms with Gasteiger partial charge in [0.1, 0.15) is 11.6 Å². The van der Waals surface area contributed by atoms with E-state index >= 15 is 0 Å². The highest BCUT2D eigenvalue weighted by Crippen LogP contribution is 2.21. The number of anilines is 1. The summed E-state index contributed by atoms with van der Waals surface area (Å²) in [5, 5.41) is 17.0. The molecule has 0 bridgehead atoms. The third-order valence-electron chi connectivity index (χ3n) is 3.55. The molecule has 0 atom stereocenters. The van der Waals surface area contributed by atoms with Crippen molar-refractivity contribution >= 4 is 11.3 Å². The summed E-state index contributed by atoms with van der Waals surface area (Å²) in [6.07, 6.45) is 4.00. The molecule has 2 aromatic rings. The van der Waals surface area contributed by atoms with Gasteiger partial charge in [0.15, 0.2) is 5.82 Å². The zero-order valence-electron chi connectivity index (χ0n) is 10.7. The number of nitrogens with one attached hydrogen (secondary N) is 1. The van der Waals surface area contributed by atoms with Crippen LogP contribution in [0, 0.1) is 17.2 Å². The number of ether oxygens (including phenoxy) is 1. The summed E-state index contributed by atoms with van der Waals surface area (Å²) in [6, 6.07) is 7.97. The van der Waals surface area contributed by atoms with Gasteiger partial charge in [0.05, 0.1) is 5.52 Å². The Kier molecular flexibility index (Phi) is 3.34. The molecule has 0 spiro atoms. The molecule has 1 aliphatic rings. The van der Waals surface area contributed by atoms with E-state index in [1.807, 2.05) is 24.4 Å². The number of nitriles is 1. The number of nitrogens with zero attached hydrogens (tertiary/aromatic N) is 3. The van der Waals surface area contributed by atoms with Crippen molar-refractivity contribution in [1.29, 1.82) is 5.26 Å². The second kappa shape index (κ2) is 5.29.